The fourth-order valence-electron chi connectivity index (χ4n) is 16.3. The summed E-state index contributed by atoms with van der Waals surface area (Å²) >= 11 is 0. The van der Waals surface area contributed by atoms with Crippen molar-refractivity contribution in [1.29, 1.82) is 0 Å². The fraction of sp³-hybridized carbons (Fsp3) is 0.340. The second-order valence-corrected chi connectivity index (χ2v) is 32.1. The predicted molar refractivity (Wildman–Crippen MR) is 434 cm³/mol. The highest BCUT2D eigenvalue weighted by Crippen LogP contribution is 2.54. The molecule has 12 aromatic rings. The molecule has 0 saturated carbocycles. The van der Waals surface area contributed by atoms with Gasteiger partial charge in [0.25, 0.3) is 0 Å². The van der Waals surface area contributed by atoms with Gasteiger partial charge in [0.1, 0.15) is 28.2 Å². The molecule has 1 atom stereocenters. The van der Waals surface area contributed by atoms with Crippen LogP contribution in [-0.2, 0) is 56.3 Å². The van der Waals surface area contributed by atoms with E-state index in [4.69, 9.17) is 28.7 Å². The molecule has 16 rings (SSSR count). The maximum absolute atomic E-state index is 8.51. The second kappa shape index (κ2) is 27.2. The quantitative estimate of drug-likeness (QED) is 0.149. The Morgan fingerprint density at radius 1 is 0.343 bits per heavy atom. The molecule has 8 aromatic heterocycles. The standard InChI is InChI=1S/2C25H29N2.C24H27N2.C23H25N2/c2*1-15(2)18-10-11-27(7)23(13-18)20-14-21-19-9-8-17(4)26-24(19)25(5,6)22(21)12-16(20)3;1-7-17-10-11-26(6)22(13-17)19-14-20-18-9-8-16(3)25-23(18)24(4,5)21(20)12-15(19)2;1-14-9-10-25(6)21(11-14)18-13-19-17-8-7-16(3)24-22(17)23(4,5)20(19)12-15(18)2/h2*8-15H,1-7H3;8-14H,7H2,1-6H3;7-13H,1-6H3/q4*+1/i1D3,15D;;;4D3,5D3. The molecule has 4 aliphatic carbocycles. The lowest BCUT2D eigenvalue weighted by atomic mass is 9.83. The number of aromatic nitrogens is 8. The Balaban J connectivity index is 0.000000134. The molecule has 0 fully saturated rings. The molecule has 0 saturated heterocycles. The average Bonchev–Trinajstić information content (AvgIpc) is 1.53. The Bertz CT molecular complexity index is 5940. The molecule has 8 nitrogen and oxygen atoms in total. The molecule has 0 radical (unpaired) electrons. The molecule has 0 N–H and O–H groups in total. The molecule has 105 heavy (non-hydrogen) atoms. The van der Waals surface area contributed by atoms with E-state index >= 15 is 0 Å². The highest BCUT2D eigenvalue weighted by molar-refractivity contribution is 5.88. The minimum Gasteiger partial charge on any atom is -0.257 e. The second-order valence-electron chi connectivity index (χ2n) is 32.1. The Kier molecular flexibility index (Phi) is 15.9. The van der Waals surface area contributed by atoms with Crippen molar-refractivity contribution in [3.8, 4) is 89.5 Å². The van der Waals surface area contributed by atoms with Crippen molar-refractivity contribution < 1.29 is 32.0 Å². The van der Waals surface area contributed by atoms with Crippen LogP contribution in [0, 0.1) is 62.3 Å². The van der Waals surface area contributed by atoms with Crippen LogP contribution < -0.4 is 18.3 Å². The third-order valence-corrected chi connectivity index (χ3v) is 22.8. The topological polar surface area (TPSA) is 67.1 Å². The lowest BCUT2D eigenvalue weighted by Crippen LogP contribution is -2.31. The van der Waals surface area contributed by atoms with Crippen LogP contribution in [0.3, 0.4) is 0 Å². The molecular weight excluding hydrogens is 1280 g/mol. The molecule has 0 bridgehead atoms. The van der Waals surface area contributed by atoms with Gasteiger partial charge in [0.2, 0.25) is 22.8 Å². The van der Waals surface area contributed by atoms with E-state index in [2.05, 4.69) is 235 Å². The molecule has 534 valence electrons. The summed E-state index contributed by atoms with van der Waals surface area (Å²) in [6.07, 6.45) is 9.23. The lowest BCUT2D eigenvalue weighted by Gasteiger charge is -2.21. The van der Waals surface area contributed by atoms with Crippen molar-refractivity contribution >= 4 is 0 Å². The summed E-state index contributed by atoms with van der Waals surface area (Å²) < 4.78 is 90.5. The van der Waals surface area contributed by atoms with Gasteiger partial charge in [-0.25, -0.2) is 18.3 Å². The van der Waals surface area contributed by atoms with E-state index in [1.807, 2.05) is 80.7 Å². The zero-order chi connectivity index (χ0) is 84.0. The van der Waals surface area contributed by atoms with Crippen LogP contribution in [-0.4, -0.2) is 19.9 Å². The van der Waals surface area contributed by atoms with E-state index in [9.17, 15) is 0 Å². The number of rotatable bonds is 7. The average molecular weight is 1400 g/mol. The number of nitrogens with zero attached hydrogens (tertiary/aromatic N) is 8. The first kappa shape index (κ1) is 61.4. The Morgan fingerprint density at radius 2 is 0.648 bits per heavy atom. The SMILES string of the molecule is CCc1cc[n+](C)c(-c2cc3c(cc2C)C(C)(C)c2nc(C)ccc2-3)c1.Cc1ccc2c(n1)C(C)(C)c1cc(C)c(-c3cc(C(C)C)cc[n+]3C)cc1-2.[2H]C([2H])([2H])C([2H])(C)c1cc[n+](C)c(-c2cc3c(cc2C)C(C)(C)c2nc(C)ccc2-3)c1.[2H]C([2H])([2H])C1(C([2H])([2H])[2H])c2cc(C)c(-c3cc(C)cc[n+]3C)cc2-c2ccc(C)nc21. The molecule has 8 heteroatoms. The summed E-state index contributed by atoms with van der Waals surface area (Å²) in [6, 6.07) is 50.9. The Hall–Kier alpha value is -9.92. The summed E-state index contributed by atoms with van der Waals surface area (Å²) in [7, 11) is 8.17. The normalized spacial score (nSPS) is 16.6. The van der Waals surface area contributed by atoms with Crippen molar-refractivity contribution in [2.24, 2.45) is 28.2 Å². The van der Waals surface area contributed by atoms with Crippen molar-refractivity contribution in [2.75, 3.05) is 0 Å². The van der Waals surface area contributed by atoms with Gasteiger partial charge < -0.3 is 0 Å². The maximum Gasteiger partial charge on any atom is 0.212 e. The van der Waals surface area contributed by atoms with Gasteiger partial charge in [-0.1, -0.05) is 138 Å². The lowest BCUT2D eigenvalue weighted by molar-refractivity contribution is -0.660. The predicted octanol–water partition coefficient (Wildman–Crippen LogP) is 21.1. The highest BCUT2D eigenvalue weighted by atomic mass is 14.9. The first-order valence-corrected chi connectivity index (χ1v) is 37.1. The highest BCUT2D eigenvalue weighted by Gasteiger charge is 2.42. The summed E-state index contributed by atoms with van der Waals surface area (Å²) in [6.45, 7) is 32.1. The van der Waals surface area contributed by atoms with Crippen molar-refractivity contribution in [1.82, 2.24) is 19.9 Å². The van der Waals surface area contributed by atoms with Crippen molar-refractivity contribution in [2.45, 2.75) is 192 Å². The van der Waals surface area contributed by atoms with E-state index < -0.39 is 31.9 Å². The Labute approximate surface area is 641 Å². The smallest absolute Gasteiger partial charge is 0.212 e. The minimum absolute atomic E-state index is 0.0482. The van der Waals surface area contributed by atoms with E-state index in [0.29, 0.717) is 33.9 Å². The van der Waals surface area contributed by atoms with Gasteiger partial charge in [0.15, 0.2) is 24.8 Å². The molecule has 0 aliphatic heterocycles. The van der Waals surface area contributed by atoms with Crippen LogP contribution in [0.4, 0.5) is 0 Å². The summed E-state index contributed by atoms with van der Waals surface area (Å²) in [5.41, 5.74) is 35.9. The molecular formula is C97H110N8+4. The number of benzene rings is 4. The van der Waals surface area contributed by atoms with Gasteiger partial charge in [0, 0.05) is 151 Å². The van der Waals surface area contributed by atoms with E-state index in [-0.39, 0.29) is 21.9 Å². The third kappa shape index (κ3) is 13.0. The number of pyridine rings is 8. The Morgan fingerprint density at radius 3 is 0.990 bits per heavy atom. The van der Waals surface area contributed by atoms with E-state index in [1.165, 1.54) is 108 Å². The first-order chi connectivity index (χ1) is 53.6. The zero-order valence-electron chi connectivity index (χ0n) is 76.0. The van der Waals surface area contributed by atoms with Crippen molar-refractivity contribution in [3.05, 3.63) is 283 Å². The zero-order valence-corrected chi connectivity index (χ0v) is 66.0. The maximum atomic E-state index is 8.51. The van der Waals surface area contributed by atoms with Crippen LogP contribution in [0.25, 0.3) is 89.5 Å². The van der Waals surface area contributed by atoms with E-state index in [1.54, 1.807) is 31.2 Å². The van der Waals surface area contributed by atoms with E-state index in [0.717, 1.165) is 74.0 Å². The summed E-state index contributed by atoms with van der Waals surface area (Å²) in [4.78, 5) is 19.1. The first-order valence-electron chi connectivity index (χ1n) is 42.1. The van der Waals surface area contributed by atoms with Gasteiger partial charge in [-0.2, -0.15) is 0 Å². The van der Waals surface area contributed by atoms with Gasteiger partial charge >= 0.3 is 0 Å². The van der Waals surface area contributed by atoms with Gasteiger partial charge in [0.05, 0.1) is 22.8 Å². The number of hydrogen-bond acceptors (Lipinski definition) is 4. The molecule has 0 spiro atoms. The molecule has 8 heterocycles. The minimum atomic E-state index is -2.80. The van der Waals surface area contributed by atoms with Gasteiger partial charge in [-0.15, -0.1) is 0 Å². The van der Waals surface area contributed by atoms with Crippen LogP contribution in [0.2, 0.25) is 0 Å². The molecule has 4 aliphatic rings. The monoisotopic (exact) mass is 1400 g/mol. The number of hydrogen-bond donors (Lipinski definition) is 0. The number of aryl methyl sites for hydroxylation is 14. The third-order valence-electron chi connectivity index (χ3n) is 22.8. The van der Waals surface area contributed by atoms with Crippen molar-refractivity contribution in [3.63, 3.8) is 0 Å². The van der Waals surface area contributed by atoms with Gasteiger partial charge in [-0.05, 0) is 218 Å². The van der Waals surface area contributed by atoms with Crippen LogP contribution >= 0.6 is 0 Å². The molecule has 4 aromatic carbocycles. The fourth-order valence-corrected chi connectivity index (χ4v) is 16.3. The molecule has 1 unspecified atom stereocenters. The van der Waals surface area contributed by atoms with Crippen LogP contribution in [0.15, 0.2) is 170 Å². The van der Waals surface area contributed by atoms with Crippen LogP contribution in [0.5, 0.6) is 0 Å². The van der Waals surface area contributed by atoms with Crippen LogP contribution in [0.1, 0.15) is 228 Å². The van der Waals surface area contributed by atoms with Gasteiger partial charge in [-0.3, -0.25) is 19.9 Å². The summed E-state index contributed by atoms with van der Waals surface area (Å²) in [5, 5.41) is 0. The summed E-state index contributed by atoms with van der Waals surface area (Å²) in [5.74, 6) is -1.16. The molecule has 0 amide bonds. The largest absolute Gasteiger partial charge is 0.257 e. The number of fused-ring (bicyclic) bond motifs is 12.